The summed E-state index contributed by atoms with van der Waals surface area (Å²) < 4.78 is 1.93. The minimum absolute atomic E-state index is 0.0700. The van der Waals surface area contributed by atoms with E-state index in [1.807, 2.05) is 36.7 Å². The molecule has 0 atom stereocenters. The van der Waals surface area contributed by atoms with Crippen molar-refractivity contribution in [3.63, 3.8) is 0 Å². The molecule has 0 aliphatic heterocycles. The van der Waals surface area contributed by atoms with Gasteiger partial charge in [0.05, 0.1) is 0 Å². The van der Waals surface area contributed by atoms with Gasteiger partial charge >= 0.3 is 0 Å². The van der Waals surface area contributed by atoms with Gasteiger partial charge in [-0.25, -0.2) is 15.0 Å². The maximum atomic E-state index is 12.3. The quantitative estimate of drug-likeness (QED) is 0.783. The predicted octanol–water partition coefficient (Wildman–Crippen LogP) is 2.39. The van der Waals surface area contributed by atoms with Crippen molar-refractivity contribution in [3.8, 4) is 11.6 Å². The van der Waals surface area contributed by atoms with E-state index < -0.39 is 0 Å². The highest BCUT2D eigenvalue weighted by Crippen LogP contribution is 2.11. The van der Waals surface area contributed by atoms with Crippen LogP contribution >= 0.6 is 0 Å². The van der Waals surface area contributed by atoms with Gasteiger partial charge in [0.25, 0.3) is 5.91 Å². The molecule has 24 heavy (non-hydrogen) atoms. The number of aryl methyl sites for hydroxylation is 2. The van der Waals surface area contributed by atoms with Crippen LogP contribution in [0, 0.1) is 13.8 Å². The van der Waals surface area contributed by atoms with Crippen molar-refractivity contribution < 1.29 is 4.79 Å². The van der Waals surface area contributed by atoms with Crippen LogP contribution < -0.4 is 5.32 Å². The fraction of sp³-hybridized carbons (Fsp3) is 0.222. The molecule has 0 unspecified atom stereocenters. The molecule has 2 heterocycles. The van der Waals surface area contributed by atoms with Crippen molar-refractivity contribution in [2.75, 3.05) is 6.54 Å². The molecule has 0 saturated carbocycles. The van der Waals surface area contributed by atoms with Gasteiger partial charge in [-0.2, -0.15) is 0 Å². The fourth-order valence-corrected chi connectivity index (χ4v) is 2.61. The number of nitrogens with one attached hydrogen (secondary N) is 1. The lowest BCUT2D eigenvalue weighted by atomic mass is 10.1. The number of aromatic nitrogens is 4. The number of hydrogen-bond acceptors (Lipinski definition) is 4. The van der Waals surface area contributed by atoms with Gasteiger partial charge < -0.3 is 9.88 Å². The van der Waals surface area contributed by atoms with Crippen LogP contribution in [0.5, 0.6) is 0 Å². The molecule has 0 aliphatic carbocycles. The van der Waals surface area contributed by atoms with Gasteiger partial charge in [-0.1, -0.05) is 17.2 Å². The summed E-state index contributed by atoms with van der Waals surface area (Å²) in [6, 6.07) is 7.60. The van der Waals surface area contributed by atoms with Crippen LogP contribution in [-0.4, -0.2) is 32.0 Å². The van der Waals surface area contributed by atoms with Crippen LogP contribution in [0.15, 0.2) is 49.1 Å². The lowest BCUT2D eigenvalue weighted by molar-refractivity contribution is 0.0952. The van der Waals surface area contributed by atoms with E-state index in [0.717, 1.165) is 11.1 Å². The second-order valence-electron chi connectivity index (χ2n) is 5.65. The van der Waals surface area contributed by atoms with Crippen LogP contribution in [0.4, 0.5) is 0 Å². The average Bonchev–Trinajstić information content (AvgIpc) is 3.03. The first-order valence-electron chi connectivity index (χ1n) is 7.78. The molecular weight excluding hydrogens is 302 g/mol. The van der Waals surface area contributed by atoms with Crippen molar-refractivity contribution in [3.05, 3.63) is 65.7 Å². The van der Waals surface area contributed by atoms with Crippen LogP contribution in [0.3, 0.4) is 0 Å². The Labute approximate surface area is 140 Å². The zero-order chi connectivity index (χ0) is 16.9. The van der Waals surface area contributed by atoms with Gasteiger partial charge in [-0.05, 0) is 32.0 Å². The minimum atomic E-state index is -0.0700. The zero-order valence-corrected chi connectivity index (χ0v) is 13.7. The number of carbonyl (C=O) groups is 1. The summed E-state index contributed by atoms with van der Waals surface area (Å²) in [5.41, 5.74) is 2.85. The highest BCUT2D eigenvalue weighted by molar-refractivity contribution is 5.94. The Bertz CT molecular complexity index is 821. The molecule has 0 aliphatic rings. The summed E-state index contributed by atoms with van der Waals surface area (Å²) in [5, 5.41) is 2.94. The summed E-state index contributed by atoms with van der Waals surface area (Å²) >= 11 is 0. The van der Waals surface area contributed by atoms with Crippen molar-refractivity contribution in [2.24, 2.45) is 0 Å². The Morgan fingerprint density at radius 2 is 1.75 bits per heavy atom. The monoisotopic (exact) mass is 321 g/mol. The van der Waals surface area contributed by atoms with E-state index in [0.29, 0.717) is 30.3 Å². The van der Waals surface area contributed by atoms with Gasteiger partial charge in [0, 0.05) is 43.4 Å². The molecule has 1 amide bonds. The Hall–Kier alpha value is -3.02. The molecule has 0 spiro atoms. The second kappa shape index (κ2) is 7.04. The first kappa shape index (κ1) is 15.9. The summed E-state index contributed by atoms with van der Waals surface area (Å²) in [5.74, 6) is 1.19. The molecule has 3 aromatic rings. The van der Waals surface area contributed by atoms with Gasteiger partial charge in [0.2, 0.25) is 0 Å². The number of amides is 1. The molecule has 1 aromatic carbocycles. The smallest absolute Gasteiger partial charge is 0.251 e. The van der Waals surface area contributed by atoms with E-state index in [2.05, 4.69) is 26.3 Å². The molecular formula is C18H19N5O. The molecule has 0 radical (unpaired) electrons. The normalized spacial score (nSPS) is 10.6. The molecule has 2 aromatic heterocycles. The summed E-state index contributed by atoms with van der Waals surface area (Å²) in [6.07, 6.45) is 6.93. The van der Waals surface area contributed by atoms with Crippen molar-refractivity contribution >= 4 is 5.91 Å². The standard InChI is InChI=1S/C18H19N5O/c1-13-10-14(2)12-15(11-13)18(24)22-7-9-23-8-6-21-17(23)16-19-4-3-5-20-16/h3-6,8,10-12H,7,9H2,1-2H3,(H,22,24). The third-order valence-corrected chi connectivity index (χ3v) is 3.60. The van der Waals surface area contributed by atoms with Crippen molar-refractivity contribution in [1.29, 1.82) is 0 Å². The Balaban J connectivity index is 1.63. The highest BCUT2D eigenvalue weighted by atomic mass is 16.1. The van der Waals surface area contributed by atoms with Crippen LogP contribution in [-0.2, 0) is 6.54 Å². The Kier molecular flexibility index (Phi) is 4.65. The van der Waals surface area contributed by atoms with Gasteiger partial charge in [-0.15, -0.1) is 0 Å². The molecule has 6 heteroatoms. The minimum Gasteiger partial charge on any atom is -0.350 e. The van der Waals surface area contributed by atoms with Crippen molar-refractivity contribution in [2.45, 2.75) is 20.4 Å². The number of carbonyl (C=O) groups excluding carboxylic acids is 1. The molecule has 6 nitrogen and oxygen atoms in total. The highest BCUT2D eigenvalue weighted by Gasteiger charge is 2.09. The lowest BCUT2D eigenvalue weighted by Gasteiger charge is -2.09. The summed E-state index contributed by atoms with van der Waals surface area (Å²) in [7, 11) is 0. The molecule has 1 N–H and O–H groups in total. The number of imidazole rings is 1. The summed E-state index contributed by atoms with van der Waals surface area (Å²) in [4.78, 5) is 25.0. The third kappa shape index (κ3) is 3.65. The SMILES string of the molecule is Cc1cc(C)cc(C(=O)NCCn2ccnc2-c2ncccn2)c1. The molecule has 3 rings (SSSR count). The Morgan fingerprint density at radius 3 is 2.46 bits per heavy atom. The predicted molar refractivity (Wildman–Crippen MR) is 91.5 cm³/mol. The van der Waals surface area contributed by atoms with E-state index in [4.69, 9.17) is 0 Å². The number of rotatable bonds is 5. The first-order chi connectivity index (χ1) is 11.6. The molecule has 0 saturated heterocycles. The van der Waals surface area contributed by atoms with Crippen molar-refractivity contribution in [1.82, 2.24) is 24.8 Å². The van der Waals surface area contributed by atoms with Crippen LogP contribution in [0.25, 0.3) is 11.6 Å². The van der Waals surface area contributed by atoms with E-state index in [1.54, 1.807) is 24.7 Å². The fourth-order valence-electron chi connectivity index (χ4n) is 2.61. The van der Waals surface area contributed by atoms with E-state index >= 15 is 0 Å². The number of nitrogens with zero attached hydrogens (tertiary/aromatic N) is 4. The molecule has 0 bridgehead atoms. The second-order valence-corrected chi connectivity index (χ2v) is 5.65. The zero-order valence-electron chi connectivity index (χ0n) is 13.7. The largest absolute Gasteiger partial charge is 0.350 e. The summed E-state index contributed by atoms with van der Waals surface area (Å²) in [6.45, 7) is 5.08. The topological polar surface area (TPSA) is 72.7 Å². The first-order valence-corrected chi connectivity index (χ1v) is 7.78. The van der Waals surface area contributed by atoms with Gasteiger partial charge in [0.1, 0.15) is 0 Å². The van der Waals surface area contributed by atoms with E-state index in [-0.39, 0.29) is 5.91 Å². The average molecular weight is 321 g/mol. The maximum absolute atomic E-state index is 12.3. The van der Waals surface area contributed by atoms with Crippen LogP contribution in [0.2, 0.25) is 0 Å². The number of benzene rings is 1. The van der Waals surface area contributed by atoms with Crippen LogP contribution in [0.1, 0.15) is 21.5 Å². The number of hydrogen-bond donors (Lipinski definition) is 1. The maximum Gasteiger partial charge on any atom is 0.251 e. The third-order valence-electron chi connectivity index (χ3n) is 3.60. The molecule has 0 fully saturated rings. The van der Waals surface area contributed by atoms with Gasteiger partial charge in [-0.3, -0.25) is 4.79 Å². The Morgan fingerprint density at radius 1 is 1.04 bits per heavy atom. The lowest BCUT2D eigenvalue weighted by Crippen LogP contribution is -2.27. The molecule has 122 valence electrons. The van der Waals surface area contributed by atoms with E-state index in [1.165, 1.54) is 0 Å². The van der Waals surface area contributed by atoms with E-state index in [9.17, 15) is 4.79 Å². The van der Waals surface area contributed by atoms with Gasteiger partial charge in [0.15, 0.2) is 11.6 Å².